The molecule has 1 unspecified atom stereocenters. The van der Waals surface area contributed by atoms with Crippen molar-refractivity contribution in [2.75, 3.05) is 13.2 Å². The topological polar surface area (TPSA) is 104 Å². The summed E-state index contributed by atoms with van der Waals surface area (Å²) in [6, 6.07) is 21.8. The molecule has 1 aliphatic heterocycles. The largest absolute Gasteiger partial charge is 0.493 e. The van der Waals surface area contributed by atoms with E-state index in [0.29, 0.717) is 29.4 Å². The average Bonchev–Trinajstić information content (AvgIpc) is 2.86. The van der Waals surface area contributed by atoms with Crippen LogP contribution < -0.4 is 24.7 Å². The Hall–Kier alpha value is -3.96. The molecule has 0 bridgehead atoms. The third-order valence-electron chi connectivity index (χ3n) is 5.28. The molecule has 1 atom stereocenters. The first-order valence-corrected chi connectivity index (χ1v) is 11.8. The first-order valence-electron chi connectivity index (χ1n) is 11.0. The van der Waals surface area contributed by atoms with E-state index in [2.05, 4.69) is 22.0 Å². The highest BCUT2D eigenvalue weighted by molar-refractivity contribution is 9.10. The summed E-state index contributed by atoms with van der Waals surface area (Å²) >= 11 is 3.35. The van der Waals surface area contributed by atoms with Crippen LogP contribution in [-0.2, 0) is 4.79 Å². The van der Waals surface area contributed by atoms with Gasteiger partial charge in [-0.2, -0.15) is 5.26 Å². The van der Waals surface area contributed by atoms with E-state index >= 15 is 0 Å². The highest BCUT2D eigenvalue weighted by Gasteiger charge is 2.33. The summed E-state index contributed by atoms with van der Waals surface area (Å²) in [6.07, 6.45) is 0.849. The van der Waals surface area contributed by atoms with Gasteiger partial charge in [0.05, 0.1) is 12.5 Å². The van der Waals surface area contributed by atoms with Crippen molar-refractivity contribution < 1.29 is 23.7 Å². The maximum Gasteiger partial charge on any atom is 0.349 e. The molecule has 0 spiro atoms. The maximum absolute atomic E-state index is 12.3. The van der Waals surface area contributed by atoms with E-state index in [0.717, 1.165) is 16.5 Å². The zero-order valence-electron chi connectivity index (χ0n) is 19.0. The number of nitriles is 1. The van der Waals surface area contributed by atoms with Gasteiger partial charge >= 0.3 is 5.97 Å². The highest BCUT2D eigenvalue weighted by atomic mass is 79.9. The minimum atomic E-state index is -0.570. The van der Waals surface area contributed by atoms with Gasteiger partial charge < -0.3 is 24.7 Å². The Kier molecular flexibility index (Phi) is 7.58. The molecule has 178 valence electrons. The molecule has 0 fully saturated rings. The Morgan fingerprint density at radius 1 is 1.06 bits per heavy atom. The summed E-state index contributed by atoms with van der Waals surface area (Å²) in [4.78, 5) is 12.3. The number of nitrogens with zero attached hydrogens (tertiary/aromatic N) is 1. The van der Waals surface area contributed by atoms with Crippen LogP contribution in [0.2, 0.25) is 0 Å². The van der Waals surface area contributed by atoms with Crippen molar-refractivity contribution in [3.63, 3.8) is 0 Å². The number of para-hydroxylation sites is 1. The average molecular weight is 535 g/mol. The van der Waals surface area contributed by atoms with Crippen molar-refractivity contribution in [3.8, 4) is 29.1 Å². The standard InChI is InChI=1S/C27H23BrN2O5/c1-2-13-32-23-6-4-3-5-20(23)26-21-12-11-19(14-24(21)35-27(30)22(26)15-29)34-25(31)16-33-18-9-7-17(28)8-10-18/h3-12,14,26H,2,13,16,30H2,1H3. The van der Waals surface area contributed by atoms with Crippen LogP contribution in [0, 0.1) is 11.3 Å². The minimum absolute atomic E-state index is 0.00246. The molecule has 2 N–H and O–H groups in total. The Bertz CT molecular complexity index is 1300. The molecule has 4 rings (SSSR count). The number of hydrogen-bond acceptors (Lipinski definition) is 7. The van der Waals surface area contributed by atoms with Gasteiger partial charge in [0, 0.05) is 21.7 Å². The Balaban J connectivity index is 1.57. The number of fused-ring (bicyclic) bond motifs is 1. The van der Waals surface area contributed by atoms with Crippen LogP contribution in [0.5, 0.6) is 23.0 Å². The Labute approximate surface area is 211 Å². The van der Waals surface area contributed by atoms with Crippen LogP contribution in [0.15, 0.2) is 82.7 Å². The quantitative estimate of drug-likeness (QED) is 0.303. The zero-order chi connectivity index (χ0) is 24.8. The number of nitrogens with two attached hydrogens (primary N) is 1. The molecule has 3 aromatic carbocycles. The summed E-state index contributed by atoms with van der Waals surface area (Å²) in [7, 11) is 0. The Morgan fingerprint density at radius 2 is 1.80 bits per heavy atom. The predicted molar refractivity (Wildman–Crippen MR) is 133 cm³/mol. The van der Waals surface area contributed by atoms with Crippen molar-refractivity contribution >= 4 is 21.9 Å². The van der Waals surface area contributed by atoms with Gasteiger partial charge in [-0.25, -0.2) is 4.79 Å². The second kappa shape index (κ2) is 11.0. The second-order valence-corrected chi connectivity index (χ2v) is 8.64. The molecule has 3 aromatic rings. The van der Waals surface area contributed by atoms with E-state index in [-0.39, 0.29) is 23.8 Å². The first-order chi connectivity index (χ1) is 17.0. The van der Waals surface area contributed by atoms with E-state index < -0.39 is 11.9 Å². The number of halogens is 1. The molecule has 0 radical (unpaired) electrons. The van der Waals surface area contributed by atoms with Gasteiger partial charge in [-0.3, -0.25) is 0 Å². The molecule has 0 aromatic heterocycles. The second-order valence-electron chi connectivity index (χ2n) is 7.73. The van der Waals surface area contributed by atoms with Gasteiger partial charge in [0.1, 0.15) is 34.6 Å². The number of ether oxygens (including phenoxy) is 4. The van der Waals surface area contributed by atoms with Crippen LogP contribution in [0.1, 0.15) is 30.4 Å². The number of hydrogen-bond donors (Lipinski definition) is 1. The lowest BCUT2D eigenvalue weighted by Crippen LogP contribution is -2.22. The van der Waals surface area contributed by atoms with Gasteiger partial charge in [0.15, 0.2) is 6.61 Å². The lowest BCUT2D eigenvalue weighted by Gasteiger charge is -2.28. The monoisotopic (exact) mass is 534 g/mol. The van der Waals surface area contributed by atoms with Crippen molar-refractivity contribution in [3.05, 3.63) is 93.8 Å². The fourth-order valence-corrected chi connectivity index (χ4v) is 3.98. The molecule has 8 heteroatoms. The van der Waals surface area contributed by atoms with Gasteiger partial charge in [0.25, 0.3) is 0 Å². The van der Waals surface area contributed by atoms with E-state index in [1.807, 2.05) is 43.3 Å². The summed E-state index contributed by atoms with van der Waals surface area (Å²) in [5.41, 5.74) is 7.93. The third-order valence-corrected chi connectivity index (χ3v) is 5.81. The van der Waals surface area contributed by atoms with Crippen LogP contribution in [0.3, 0.4) is 0 Å². The van der Waals surface area contributed by atoms with Crippen molar-refractivity contribution in [2.45, 2.75) is 19.3 Å². The molecule has 0 aliphatic carbocycles. The Morgan fingerprint density at radius 3 is 2.54 bits per heavy atom. The molecular formula is C27H23BrN2O5. The maximum atomic E-state index is 12.3. The molecule has 1 aliphatic rings. The van der Waals surface area contributed by atoms with Crippen molar-refractivity contribution in [1.29, 1.82) is 5.26 Å². The smallest absolute Gasteiger partial charge is 0.349 e. The molecule has 35 heavy (non-hydrogen) atoms. The normalized spacial score (nSPS) is 14.4. The first kappa shape index (κ1) is 24.2. The van der Waals surface area contributed by atoms with Crippen LogP contribution >= 0.6 is 15.9 Å². The molecule has 1 heterocycles. The lowest BCUT2D eigenvalue weighted by atomic mass is 9.83. The molecule has 0 saturated heterocycles. The van der Waals surface area contributed by atoms with Crippen molar-refractivity contribution in [1.82, 2.24) is 0 Å². The van der Waals surface area contributed by atoms with Gasteiger partial charge in [-0.15, -0.1) is 0 Å². The molecule has 7 nitrogen and oxygen atoms in total. The SMILES string of the molecule is CCCOc1ccccc1C1C(C#N)=C(N)Oc2cc(OC(=O)COc3ccc(Br)cc3)ccc21. The summed E-state index contributed by atoms with van der Waals surface area (Å²) in [6.45, 7) is 2.31. The molecule has 0 amide bonds. The van der Waals surface area contributed by atoms with Crippen LogP contribution in [0.4, 0.5) is 0 Å². The predicted octanol–water partition coefficient (Wildman–Crippen LogP) is 5.44. The molecule has 0 saturated carbocycles. The highest BCUT2D eigenvalue weighted by Crippen LogP contribution is 2.45. The van der Waals surface area contributed by atoms with Crippen LogP contribution in [0.25, 0.3) is 0 Å². The summed E-state index contributed by atoms with van der Waals surface area (Å²) in [5.74, 6) is 0.840. The fraction of sp³-hybridized carbons (Fsp3) is 0.185. The number of esters is 1. The fourth-order valence-electron chi connectivity index (χ4n) is 3.72. The number of allylic oxidation sites excluding steroid dienone is 1. The summed E-state index contributed by atoms with van der Waals surface area (Å²) in [5, 5.41) is 9.83. The number of rotatable bonds is 8. The van der Waals surface area contributed by atoms with Gasteiger partial charge in [0.2, 0.25) is 5.88 Å². The number of benzene rings is 3. The van der Waals surface area contributed by atoms with Crippen LogP contribution in [-0.4, -0.2) is 19.2 Å². The minimum Gasteiger partial charge on any atom is -0.493 e. The lowest BCUT2D eigenvalue weighted by molar-refractivity contribution is -0.136. The van der Waals surface area contributed by atoms with E-state index in [4.69, 9.17) is 24.7 Å². The summed E-state index contributed by atoms with van der Waals surface area (Å²) < 4.78 is 23.5. The third kappa shape index (κ3) is 5.58. The van der Waals surface area contributed by atoms with Gasteiger partial charge in [-0.05, 0) is 42.8 Å². The van der Waals surface area contributed by atoms with E-state index in [1.54, 1.807) is 30.3 Å². The molecular weight excluding hydrogens is 512 g/mol. The van der Waals surface area contributed by atoms with Gasteiger partial charge in [-0.1, -0.05) is 47.1 Å². The zero-order valence-corrected chi connectivity index (χ0v) is 20.6. The number of carbonyl (C=O) groups excluding carboxylic acids is 1. The van der Waals surface area contributed by atoms with E-state index in [9.17, 15) is 10.1 Å². The number of carbonyl (C=O) groups is 1. The van der Waals surface area contributed by atoms with E-state index in [1.165, 1.54) is 0 Å². The van der Waals surface area contributed by atoms with Crippen molar-refractivity contribution in [2.24, 2.45) is 5.73 Å².